The van der Waals surface area contributed by atoms with Gasteiger partial charge in [0.2, 0.25) is 0 Å². The number of carbonyl (C=O) groups excluding carboxylic acids is 1. The van der Waals surface area contributed by atoms with E-state index in [1.165, 1.54) is 0 Å². The van der Waals surface area contributed by atoms with Gasteiger partial charge in [0, 0.05) is 5.56 Å². The summed E-state index contributed by atoms with van der Waals surface area (Å²) < 4.78 is 11.6. The quantitative estimate of drug-likeness (QED) is 0.613. The highest BCUT2D eigenvalue weighted by Crippen LogP contribution is 2.35. The number of halogens is 3. The average molecular weight is 466 g/mol. The molecule has 0 aliphatic heterocycles. The molecule has 2 aromatic carbocycles. The molecular formula is C16H14Cl2INO3. The van der Waals surface area contributed by atoms with E-state index in [0.717, 1.165) is 3.57 Å². The second-order valence-electron chi connectivity index (χ2n) is 4.48. The van der Waals surface area contributed by atoms with Gasteiger partial charge in [-0.15, -0.1) is 0 Å². The van der Waals surface area contributed by atoms with Crippen molar-refractivity contribution in [3.05, 3.63) is 49.5 Å². The maximum atomic E-state index is 12.5. The van der Waals surface area contributed by atoms with Crippen LogP contribution in [0.15, 0.2) is 30.3 Å². The van der Waals surface area contributed by atoms with Crippen molar-refractivity contribution in [1.29, 1.82) is 0 Å². The Morgan fingerprint density at radius 1 is 1.30 bits per heavy atom. The van der Waals surface area contributed by atoms with Gasteiger partial charge in [0.05, 0.1) is 33.0 Å². The lowest BCUT2D eigenvalue weighted by atomic mass is 10.2. The van der Waals surface area contributed by atoms with Crippen molar-refractivity contribution < 1.29 is 14.3 Å². The molecule has 0 unspecified atom stereocenters. The summed E-state index contributed by atoms with van der Waals surface area (Å²) in [4.78, 5) is 12.5. The zero-order valence-electron chi connectivity index (χ0n) is 12.5. The van der Waals surface area contributed by atoms with Crippen LogP contribution in [0.3, 0.4) is 0 Å². The Hall–Kier alpha value is -1.18. The summed E-state index contributed by atoms with van der Waals surface area (Å²) in [6.45, 7) is 2.34. The lowest BCUT2D eigenvalue weighted by molar-refractivity contribution is 0.102. The fraction of sp³-hybridized carbons (Fsp3) is 0.188. The molecule has 1 amide bonds. The largest absolute Gasteiger partial charge is 0.492 e. The molecule has 0 aromatic heterocycles. The van der Waals surface area contributed by atoms with E-state index in [4.69, 9.17) is 32.7 Å². The van der Waals surface area contributed by atoms with Crippen LogP contribution >= 0.6 is 45.8 Å². The maximum Gasteiger partial charge on any atom is 0.255 e. The molecular weight excluding hydrogens is 452 g/mol. The zero-order chi connectivity index (χ0) is 17.0. The van der Waals surface area contributed by atoms with Gasteiger partial charge in [0.15, 0.2) is 11.5 Å². The first-order valence-electron chi connectivity index (χ1n) is 6.73. The third kappa shape index (κ3) is 4.22. The van der Waals surface area contributed by atoms with E-state index in [9.17, 15) is 4.79 Å². The minimum Gasteiger partial charge on any atom is -0.492 e. The Kier molecular flexibility index (Phi) is 6.38. The number of ether oxygens (including phenoxy) is 2. The number of hydrogen-bond acceptors (Lipinski definition) is 3. The van der Waals surface area contributed by atoms with Crippen LogP contribution in [0.4, 0.5) is 5.69 Å². The molecule has 0 spiro atoms. The van der Waals surface area contributed by atoms with Crippen LogP contribution in [0.5, 0.6) is 11.5 Å². The SMILES string of the molecule is CCOc1cc(C(=O)Nc2cccc(Cl)c2Cl)cc(I)c1OC. The van der Waals surface area contributed by atoms with E-state index in [2.05, 4.69) is 27.9 Å². The average Bonchev–Trinajstić information content (AvgIpc) is 2.52. The number of amides is 1. The monoisotopic (exact) mass is 465 g/mol. The van der Waals surface area contributed by atoms with Crippen molar-refractivity contribution in [2.75, 3.05) is 19.0 Å². The second-order valence-corrected chi connectivity index (χ2v) is 6.43. The number of nitrogens with one attached hydrogen (secondary N) is 1. The number of hydrogen-bond donors (Lipinski definition) is 1. The van der Waals surface area contributed by atoms with Crippen molar-refractivity contribution in [2.45, 2.75) is 6.92 Å². The standard InChI is InChI=1S/C16H14Cl2INO3/c1-3-23-13-8-9(7-11(19)15(13)22-2)16(21)20-12-6-4-5-10(17)14(12)18/h4-8H,3H2,1-2H3,(H,20,21). The van der Waals surface area contributed by atoms with E-state index >= 15 is 0 Å². The zero-order valence-corrected chi connectivity index (χ0v) is 16.1. The van der Waals surface area contributed by atoms with Crippen molar-refractivity contribution in [2.24, 2.45) is 0 Å². The molecule has 4 nitrogen and oxygen atoms in total. The summed E-state index contributed by atoms with van der Waals surface area (Å²) in [5.74, 6) is 0.810. The van der Waals surface area contributed by atoms with Gasteiger partial charge in [-0.05, 0) is 53.8 Å². The fourth-order valence-electron chi connectivity index (χ4n) is 1.95. The Morgan fingerprint density at radius 3 is 2.70 bits per heavy atom. The van der Waals surface area contributed by atoms with Crippen molar-refractivity contribution in [1.82, 2.24) is 0 Å². The molecule has 0 radical (unpaired) electrons. The van der Waals surface area contributed by atoms with Gasteiger partial charge in [-0.1, -0.05) is 29.3 Å². The highest BCUT2D eigenvalue weighted by atomic mass is 127. The van der Waals surface area contributed by atoms with Crippen LogP contribution in [0.1, 0.15) is 17.3 Å². The van der Waals surface area contributed by atoms with Crippen molar-refractivity contribution in [3.63, 3.8) is 0 Å². The van der Waals surface area contributed by atoms with Crippen molar-refractivity contribution >= 4 is 57.4 Å². The Labute approximate surface area is 158 Å². The third-order valence-corrected chi connectivity index (χ3v) is 4.60. The predicted octanol–water partition coefficient (Wildman–Crippen LogP) is 5.26. The molecule has 0 bridgehead atoms. The Morgan fingerprint density at radius 2 is 2.04 bits per heavy atom. The summed E-state index contributed by atoms with van der Waals surface area (Å²) in [5.41, 5.74) is 0.891. The van der Waals surface area contributed by atoms with Gasteiger partial charge >= 0.3 is 0 Å². The molecule has 1 N–H and O–H groups in total. The summed E-state index contributed by atoms with van der Waals surface area (Å²) in [5, 5.41) is 3.43. The smallest absolute Gasteiger partial charge is 0.255 e. The highest BCUT2D eigenvalue weighted by molar-refractivity contribution is 14.1. The molecule has 0 fully saturated rings. The number of rotatable bonds is 5. The number of benzene rings is 2. The van der Waals surface area contributed by atoms with Crippen LogP contribution < -0.4 is 14.8 Å². The molecule has 0 heterocycles. The maximum absolute atomic E-state index is 12.5. The van der Waals surface area contributed by atoms with Gasteiger partial charge in [-0.25, -0.2) is 0 Å². The second kappa shape index (κ2) is 8.08. The van der Waals surface area contributed by atoms with Crippen LogP contribution in [0, 0.1) is 3.57 Å². The van der Waals surface area contributed by atoms with Gasteiger partial charge in [-0.2, -0.15) is 0 Å². The van der Waals surface area contributed by atoms with E-state index in [1.54, 1.807) is 37.4 Å². The molecule has 0 aliphatic carbocycles. The van der Waals surface area contributed by atoms with E-state index in [-0.39, 0.29) is 5.91 Å². The molecule has 2 aromatic rings. The molecule has 0 saturated carbocycles. The predicted molar refractivity (Wildman–Crippen MR) is 101 cm³/mol. The van der Waals surface area contributed by atoms with Gasteiger partial charge in [0.25, 0.3) is 5.91 Å². The normalized spacial score (nSPS) is 10.3. The lowest BCUT2D eigenvalue weighted by Crippen LogP contribution is -2.13. The molecule has 122 valence electrons. The molecule has 23 heavy (non-hydrogen) atoms. The number of carbonyl (C=O) groups is 1. The Balaban J connectivity index is 2.34. The summed E-state index contributed by atoms with van der Waals surface area (Å²) >= 11 is 14.1. The molecule has 0 aliphatic rings. The van der Waals surface area contributed by atoms with E-state index in [0.29, 0.717) is 39.4 Å². The van der Waals surface area contributed by atoms with E-state index < -0.39 is 0 Å². The molecule has 0 saturated heterocycles. The minimum atomic E-state index is -0.310. The van der Waals surface area contributed by atoms with Crippen LogP contribution in [-0.2, 0) is 0 Å². The fourth-order valence-corrected chi connectivity index (χ4v) is 3.12. The third-order valence-electron chi connectivity index (χ3n) is 2.98. The van der Waals surface area contributed by atoms with Crippen molar-refractivity contribution in [3.8, 4) is 11.5 Å². The number of anilines is 1. The lowest BCUT2D eigenvalue weighted by Gasteiger charge is -2.14. The van der Waals surface area contributed by atoms with E-state index in [1.807, 2.05) is 6.92 Å². The minimum absolute atomic E-state index is 0.302. The van der Waals surface area contributed by atoms with Gasteiger partial charge in [-0.3, -0.25) is 4.79 Å². The topological polar surface area (TPSA) is 47.6 Å². The Bertz CT molecular complexity index is 738. The molecule has 7 heteroatoms. The van der Waals surface area contributed by atoms with Crippen LogP contribution in [-0.4, -0.2) is 19.6 Å². The number of methoxy groups -OCH3 is 1. The van der Waals surface area contributed by atoms with Crippen LogP contribution in [0.2, 0.25) is 10.0 Å². The first kappa shape index (κ1) is 18.2. The van der Waals surface area contributed by atoms with Gasteiger partial charge in [0.1, 0.15) is 0 Å². The first-order valence-corrected chi connectivity index (χ1v) is 8.57. The molecule has 0 atom stereocenters. The summed E-state index contributed by atoms with van der Waals surface area (Å²) in [7, 11) is 1.56. The summed E-state index contributed by atoms with van der Waals surface area (Å²) in [6.07, 6.45) is 0. The van der Waals surface area contributed by atoms with Crippen LogP contribution in [0.25, 0.3) is 0 Å². The summed E-state index contributed by atoms with van der Waals surface area (Å²) in [6, 6.07) is 8.41. The highest BCUT2D eigenvalue weighted by Gasteiger charge is 2.16. The molecule has 2 rings (SSSR count). The first-order chi connectivity index (χ1) is 11.0. The van der Waals surface area contributed by atoms with Gasteiger partial charge < -0.3 is 14.8 Å².